The number of ether oxygens (including phenoxy) is 3. The number of halogens is 2. The summed E-state index contributed by atoms with van der Waals surface area (Å²) >= 11 is 0. The summed E-state index contributed by atoms with van der Waals surface area (Å²) in [6.07, 6.45) is 0. The van der Waals surface area contributed by atoms with E-state index in [-0.39, 0.29) is 32.2 Å². The third-order valence-electron chi connectivity index (χ3n) is 5.73. The molecule has 0 unspecified atom stereocenters. The smallest absolute Gasteiger partial charge is 0.355 e. The molecule has 4 rings (SSSR count). The molecular formula is C24H24F2N2O6S. The van der Waals surface area contributed by atoms with Crippen molar-refractivity contribution in [1.82, 2.24) is 9.29 Å². The van der Waals surface area contributed by atoms with E-state index < -0.39 is 32.5 Å². The van der Waals surface area contributed by atoms with E-state index in [1.807, 2.05) is 0 Å². The highest BCUT2D eigenvalue weighted by Gasteiger charge is 2.29. The lowest BCUT2D eigenvalue weighted by atomic mass is 10.1. The van der Waals surface area contributed by atoms with Gasteiger partial charge in [-0.3, -0.25) is 0 Å². The van der Waals surface area contributed by atoms with E-state index in [4.69, 9.17) is 14.2 Å². The van der Waals surface area contributed by atoms with Gasteiger partial charge in [0.2, 0.25) is 16.8 Å². The predicted molar refractivity (Wildman–Crippen MR) is 122 cm³/mol. The van der Waals surface area contributed by atoms with Crippen molar-refractivity contribution in [3.63, 3.8) is 0 Å². The van der Waals surface area contributed by atoms with Gasteiger partial charge in [-0.25, -0.2) is 22.0 Å². The number of carbonyl (C=O) groups is 1. The number of aromatic amines is 1. The Morgan fingerprint density at radius 1 is 1.06 bits per heavy atom. The molecule has 186 valence electrons. The molecule has 0 aliphatic carbocycles. The summed E-state index contributed by atoms with van der Waals surface area (Å²) in [5.74, 6) is -1.95. The molecule has 3 aromatic rings. The predicted octanol–water partition coefficient (Wildman–Crippen LogP) is 4.21. The Balaban J connectivity index is 1.75. The van der Waals surface area contributed by atoms with Gasteiger partial charge < -0.3 is 19.2 Å². The summed E-state index contributed by atoms with van der Waals surface area (Å²) in [4.78, 5) is 14.9. The minimum absolute atomic E-state index is 0.0635. The topological polar surface area (TPSA) is 97.9 Å². The van der Waals surface area contributed by atoms with Crippen molar-refractivity contribution in [2.45, 2.75) is 38.8 Å². The number of benzene rings is 2. The monoisotopic (exact) mass is 506 g/mol. The molecule has 8 nitrogen and oxygen atoms in total. The molecule has 0 saturated carbocycles. The molecule has 0 saturated heterocycles. The fraction of sp³-hybridized carbons (Fsp3) is 0.292. The lowest BCUT2D eigenvalue weighted by Crippen LogP contribution is -2.31. The highest BCUT2D eigenvalue weighted by molar-refractivity contribution is 7.89. The van der Waals surface area contributed by atoms with Gasteiger partial charge in [-0.1, -0.05) is 6.07 Å². The van der Waals surface area contributed by atoms with Crippen molar-refractivity contribution in [2.24, 2.45) is 0 Å². The van der Waals surface area contributed by atoms with E-state index in [9.17, 15) is 22.0 Å². The summed E-state index contributed by atoms with van der Waals surface area (Å²) in [5, 5.41) is 0. The van der Waals surface area contributed by atoms with Gasteiger partial charge in [0.25, 0.3) is 0 Å². The number of fused-ring (bicyclic) bond motifs is 1. The van der Waals surface area contributed by atoms with Crippen LogP contribution in [0.2, 0.25) is 0 Å². The number of hydrogen-bond acceptors (Lipinski definition) is 6. The highest BCUT2D eigenvalue weighted by atomic mass is 32.2. The van der Waals surface area contributed by atoms with Crippen LogP contribution in [-0.4, -0.2) is 37.1 Å². The first kappa shape index (κ1) is 24.7. The fourth-order valence-electron chi connectivity index (χ4n) is 3.86. The van der Waals surface area contributed by atoms with Gasteiger partial charge >= 0.3 is 5.97 Å². The molecule has 0 fully saturated rings. The largest absolute Gasteiger partial charge is 0.461 e. The normalized spacial score (nSPS) is 12.9. The average molecular weight is 507 g/mol. The second-order valence-corrected chi connectivity index (χ2v) is 9.92. The second kappa shape index (κ2) is 9.67. The molecule has 0 atom stereocenters. The number of esters is 1. The number of rotatable bonds is 8. The maximum Gasteiger partial charge on any atom is 0.355 e. The van der Waals surface area contributed by atoms with Gasteiger partial charge in [-0.05, 0) is 67.8 Å². The molecule has 11 heteroatoms. The maximum atomic E-state index is 13.9. The first-order chi connectivity index (χ1) is 16.6. The molecule has 2 heterocycles. The summed E-state index contributed by atoms with van der Waals surface area (Å²) in [5.41, 5.74) is 2.52. The summed E-state index contributed by atoms with van der Waals surface area (Å²) in [7, 11) is -4.28. The van der Waals surface area contributed by atoms with Crippen LogP contribution < -0.4 is 9.47 Å². The summed E-state index contributed by atoms with van der Waals surface area (Å²) in [6, 6.07) is 7.47. The van der Waals surface area contributed by atoms with Crippen LogP contribution in [-0.2, 0) is 27.8 Å². The van der Waals surface area contributed by atoms with Crippen molar-refractivity contribution >= 4 is 16.0 Å². The number of nitrogens with one attached hydrogen (secondary N) is 1. The SMILES string of the molecule is CCOC(=O)c1[nH]c(C)c(CN(Cc2ccc3c(c2)OCO3)S(=O)(=O)c2ccc(F)c(F)c2)c1C. The number of nitrogens with zero attached hydrogens (tertiary/aromatic N) is 1. The minimum atomic E-state index is -4.28. The molecule has 0 bridgehead atoms. The van der Waals surface area contributed by atoms with Gasteiger partial charge in [-0.2, -0.15) is 4.31 Å². The van der Waals surface area contributed by atoms with E-state index in [1.54, 1.807) is 39.0 Å². The zero-order chi connectivity index (χ0) is 25.3. The Morgan fingerprint density at radius 2 is 1.80 bits per heavy atom. The standard InChI is InChI=1S/C24H24F2N2O6S/c1-4-32-24(29)23-14(2)18(15(3)27-23)12-28(11-16-5-8-21-22(9-16)34-13-33-21)35(30,31)17-6-7-19(25)20(26)10-17/h5-10,27H,4,11-13H2,1-3H3. The van der Waals surface area contributed by atoms with Crippen LogP contribution in [0.15, 0.2) is 41.3 Å². The fourth-order valence-corrected chi connectivity index (χ4v) is 5.27. The zero-order valence-electron chi connectivity index (χ0n) is 19.4. The number of H-pyrrole nitrogens is 1. The molecule has 1 aromatic heterocycles. The Hall–Kier alpha value is -3.44. The maximum absolute atomic E-state index is 13.9. The number of aryl methyl sites for hydroxylation is 1. The number of hydrogen-bond donors (Lipinski definition) is 1. The van der Waals surface area contributed by atoms with Crippen LogP contribution in [0.3, 0.4) is 0 Å². The lowest BCUT2D eigenvalue weighted by Gasteiger charge is -2.23. The van der Waals surface area contributed by atoms with Gasteiger partial charge in [0.05, 0.1) is 11.5 Å². The highest BCUT2D eigenvalue weighted by Crippen LogP contribution is 2.34. The first-order valence-electron chi connectivity index (χ1n) is 10.8. The van der Waals surface area contributed by atoms with Crippen molar-refractivity contribution in [2.75, 3.05) is 13.4 Å². The second-order valence-electron chi connectivity index (χ2n) is 7.99. The summed E-state index contributed by atoms with van der Waals surface area (Å²) in [6.45, 7) is 5.11. The van der Waals surface area contributed by atoms with Crippen molar-refractivity contribution in [3.05, 3.63) is 76.1 Å². The van der Waals surface area contributed by atoms with Crippen LogP contribution in [0.25, 0.3) is 0 Å². The van der Waals surface area contributed by atoms with Gasteiger partial charge in [0.1, 0.15) is 5.69 Å². The van der Waals surface area contributed by atoms with E-state index in [1.165, 1.54) is 0 Å². The van der Waals surface area contributed by atoms with Crippen molar-refractivity contribution < 1.29 is 36.2 Å². The Labute approximate surface area is 201 Å². The molecule has 2 aromatic carbocycles. The molecule has 1 N–H and O–H groups in total. The van der Waals surface area contributed by atoms with Crippen LogP contribution >= 0.6 is 0 Å². The van der Waals surface area contributed by atoms with Crippen LogP contribution in [0.1, 0.15) is 39.8 Å². The zero-order valence-corrected chi connectivity index (χ0v) is 20.2. The quantitative estimate of drug-likeness (QED) is 0.460. The Morgan fingerprint density at radius 3 is 2.51 bits per heavy atom. The Bertz CT molecular complexity index is 1390. The molecule has 1 aliphatic rings. The minimum Gasteiger partial charge on any atom is -0.461 e. The van der Waals surface area contributed by atoms with Crippen LogP contribution in [0, 0.1) is 25.5 Å². The molecule has 0 spiro atoms. The summed E-state index contributed by atoms with van der Waals surface area (Å²) < 4.78 is 71.5. The van der Waals surface area contributed by atoms with E-state index in [0.717, 1.165) is 16.4 Å². The molecule has 35 heavy (non-hydrogen) atoms. The molecule has 0 radical (unpaired) electrons. The third-order valence-corrected chi connectivity index (χ3v) is 7.52. The van der Waals surface area contributed by atoms with E-state index in [2.05, 4.69) is 4.98 Å². The van der Waals surface area contributed by atoms with E-state index >= 15 is 0 Å². The van der Waals surface area contributed by atoms with E-state index in [0.29, 0.717) is 39.9 Å². The van der Waals surface area contributed by atoms with Gasteiger partial charge in [0, 0.05) is 18.8 Å². The van der Waals surface area contributed by atoms with Crippen LogP contribution in [0.5, 0.6) is 11.5 Å². The van der Waals surface area contributed by atoms with Crippen molar-refractivity contribution in [1.29, 1.82) is 0 Å². The number of aromatic nitrogens is 1. The Kier molecular flexibility index (Phi) is 6.82. The van der Waals surface area contributed by atoms with Crippen LogP contribution in [0.4, 0.5) is 8.78 Å². The van der Waals surface area contributed by atoms with Crippen molar-refractivity contribution in [3.8, 4) is 11.5 Å². The average Bonchev–Trinajstić information content (AvgIpc) is 3.39. The number of carbonyl (C=O) groups excluding carboxylic acids is 1. The molecule has 1 aliphatic heterocycles. The molecule has 0 amide bonds. The molecular weight excluding hydrogens is 482 g/mol. The van der Waals surface area contributed by atoms with Gasteiger partial charge in [-0.15, -0.1) is 0 Å². The number of sulfonamides is 1. The first-order valence-corrected chi connectivity index (χ1v) is 12.2. The third kappa shape index (κ3) is 4.87. The van der Waals surface area contributed by atoms with Gasteiger partial charge in [0.15, 0.2) is 23.1 Å². The lowest BCUT2D eigenvalue weighted by molar-refractivity contribution is 0.0519.